The van der Waals surface area contributed by atoms with Gasteiger partial charge in [-0.15, -0.1) is 0 Å². The molecule has 0 spiro atoms. The van der Waals surface area contributed by atoms with E-state index < -0.39 is 24.4 Å². The fourth-order valence-electron chi connectivity index (χ4n) is 3.05. The second-order valence-corrected chi connectivity index (χ2v) is 5.62. The van der Waals surface area contributed by atoms with Crippen molar-refractivity contribution < 1.29 is 18.3 Å². The number of cyclic esters (lactones) is 1. The standard InChI is InChI=1S/C13H22F2N2O2/c1-2-9-3-4-17(10(5-9)7-16)8-11-6-13(14,15)12(18)19-11/h9-11H,2-8,16H2,1H3. The molecular weight excluding hydrogens is 254 g/mol. The van der Waals surface area contributed by atoms with Gasteiger partial charge in [-0.2, -0.15) is 8.78 Å². The van der Waals surface area contributed by atoms with Gasteiger partial charge in [0.05, 0.1) is 6.42 Å². The Morgan fingerprint density at radius 2 is 2.26 bits per heavy atom. The van der Waals surface area contributed by atoms with Crippen molar-refractivity contribution in [2.24, 2.45) is 11.7 Å². The van der Waals surface area contributed by atoms with Gasteiger partial charge in [0.25, 0.3) is 0 Å². The molecule has 19 heavy (non-hydrogen) atoms. The quantitative estimate of drug-likeness (QED) is 0.788. The molecule has 0 saturated carbocycles. The Morgan fingerprint density at radius 1 is 1.53 bits per heavy atom. The number of ether oxygens (including phenoxy) is 1. The zero-order chi connectivity index (χ0) is 14.0. The van der Waals surface area contributed by atoms with Crippen LogP contribution in [0.1, 0.15) is 32.6 Å². The fraction of sp³-hybridized carbons (Fsp3) is 0.923. The predicted octanol–water partition coefficient (Wildman–Crippen LogP) is 1.39. The van der Waals surface area contributed by atoms with Gasteiger partial charge in [-0.3, -0.25) is 4.90 Å². The molecule has 110 valence electrons. The summed E-state index contributed by atoms with van der Waals surface area (Å²) in [4.78, 5) is 13.1. The topological polar surface area (TPSA) is 55.6 Å². The lowest BCUT2D eigenvalue weighted by molar-refractivity contribution is -0.159. The lowest BCUT2D eigenvalue weighted by Crippen LogP contribution is -2.49. The summed E-state index contributed by atoms with van der Waals surface area (Å²) in [5, 5.41) is 0. The lowest BCUT2D eigenvalue weighted by atomic mass is 9.88. The number of rotatable bonds is 4. The summed E-state index contributed by atoms with van der Waals surface area (Å²) in [7, 11) is 0. The van der Waals surface area contributed by atoms with Crippen molar-refractivity contribution in [2.45, 2.75) is 50.7 Å². The van der Waals surface area contributed by atoms with E-state index in [1.165, 1.54) is 0 Å². The number of likely N-dealkylation sites (tertiary alicyclic amines) is 1. The summed E-state index contributed by atoms with van der Waals surface area (Å²) < 4.78 is 31.0. The SMILES string of the molecule is CCC1CCN(CC2CC(F)(F)C(=O)O2)C(CN)C1. The maximum Gasteiger partial charge on any atom is 0.377 e. The lowest BCUT2D eigenvalue weighted by Gasteiger charge is -2.39. The minimum atomic E-state index is -3.31. The van der Waals surface area contributed by atoms with Crippen molar-refractivity contribution in [3.8, 4) is 0 Å². The first-order chi connectivity index (χ1) is 8.96. The highest BCUT2D eigenvalue weighted by atomic mass is 19.3. The molecule has 0 aliphatic carbocycles. The molecule has 0 aromatic carbocycles. The molecule has 2 aliphatic rings. The van der Waals surface area contributed by atoms with E-state index in [0.717, 1.165) is 25.8 Å². The Kier molecular flexibility index (Phi) is 4.40. The van der Waals surface area contributed by atoms with E-state index >= 15 is 0 Å². The molecule has 6 heteroatoms. The van der Waals surface area contributed by atoms with Crippen LogP contribution in [0.3, 0.4) is 0 Å². The normalized spacial score (nSPS) is 35.4. The van der Waals surface area contributed by atoms with Gasteiger partial charge in [0.15, 0.2) is 0 Å². The van der Waals surface area contributed by atoms with E-state index in [0.29, 0.717) is 19.0 Å². The van der Waals surface area contributed by atoms with Crippen molar-refractivity contribution in [1.82, 2.24) is 4.90 Å². The van der Waals surface area contributed by atoms with Crippen LogP contribution in [0.15, 0.2) is 0 Å². The van der Waals surface area contributed by atoms with Crippen LogP contribution in [0, 0.1) is 5.92 Å². The molecule has 3 atom stereocenters. The molecule has 2 aliphatic heterocycles. The monoisotopic (exact) mass is 276 g/mol. The van der Waals surface area contributed by atoms with Gasteiger partial charge >= 0.3 is 11.9 Å². The van der Waals surface area contributed by atoms with Gasteiger partial charge in [-0.05, 0) is 25.3 Å². The molecular formula is C13H22F2N2O2. The van der Waals surface area contributed by atoms with E-state index in [1.807, 2.05) is 0 Å². The largest absolute Gasteiger partial charge is 0.456 e. The Labute approximate surface area is 112 Å². The van der Waals surface area contributed by atoms with Crippen molar-refractivity contribution in [3.05, 3.63) is 0 Å². The number of alkyl halides is 2. The number of piperidine rings is 1. The summed E-state index contributed by atoms with van der Waals surface area (Å²) in [6.07, 6.45) is 1.99. The van der Waals surface area contributed by atoms with E-state index in [-0.39, 0.29) is 6.04 Å². The van der Waals surface area contributed by atoms with Crippen molar-refractivity contribution in [1.29, 1.82) is 0 Å². The van der Waals surface area contributed by atoms with Crippen LogP contribution in [0.5, 0.6) is 0 Å². The highest BCUT2D eigenvalue weighted by Gasteiger charge is 2.51. The maximum absolute atomic E-state index is 13.1. The Balaban J connectivity index is 1.90. The highest BCUT2D eigenvalue weighted by Crippen LogP contribution is 2.33. The number of hydrogen-bond acceptors (Lipinski definition) is 4. The smallest absolute Gasteiger partial charge is 0.377 e. The zero-order valence-electron chi connectivity index (χ0n) is 11.3. The zero-order valence-corrected chi connectivity index (χ0v) is 11.3. The summed E-state index contributed by atoms with van der Waals surface area (Å²) >= 11 is 0. The molecule has 0 amide bonds. The molecule has 2 rings (SSSR count). The average Bonchev–Trinajstić information content (AvgIpc) is 2.63. The number of halogens is 2. The van der Waals surface area contributed by atoms with Gasteiger partial charge in [0, 0.05) is 19.1 Å². The van der Waals surface area contributed by atoms with Crippen LogP contribution < -0.4 is 5.73 Å². The summed E-state index contributed by atoms with van der Waals surface area (Å²) in [5.74, 6) is -4.03. The van der Waals surface area contributed by atoms with E-state index in [1.54, 1.807) is 0 Å². The van der Waals surface area contributed by atoms with Gasteiger partial charge in [-0.1, -0.05) is 13.3 Å². The predicted molar refractivity (Wildman–Crippen MR) is 66.9 cm³/mol. The highest BCUT2D eigenvalue weighted by molar-refractivity contribution is 5.79. The summed E-state index contributed by atoms with van der Waals surface area (Å²) in [5.41, 5.74) is 5.77. The third-order valence-electron chi connectivity index (χ3n) is 4.29. The minimum Gasteiger partial charge on any atom is -0.456 e. The maximum atomic E-state index is 13.1. The number of carbonyl (C=O) groups is 1. The number of nitrogens with two attached hydrogens (primary N) is 1. The van der Waals surface area contributed by atoms with Crippen LogP contribution >= 0.6 is 0 Å². The molecule has 3 unspecified atom stereocenters. The minimum absolute atomic E-state index is 0.214. The van der Waals surface area contributed by atoms with Crippen LogP contribution in [-0.2, 0) is 9.53 Å². The van der Waals surface area contributed by atoms with E-state index in [2.05, 4.69) is 11.8 Å². The summed E-state index contributed by atoms with van der Waals surface area (Å²) in [6.45, 7) is 3.90. The molecule has 0 aromatic rings. The van der Waals surface area contributed by atoms with Gasteiger partial charge in [0.1, 0.15) is 6.10 Å². The fourth-order valence-corrected chi connectivity index (χ4v) is 3.05. The second-order valence-electron chi connectivity index (χ2n) is 5.62. The Hall–Kier alpha value is -0.750. The van der Waals surface area contributed by atoms with Crippen LogP contribution in [0.4, 0.5) is 8.78 Å². The van der Waals surface area contributed by atoms with Crippen LogP contribution in [0.25, 0.3) is 0 Å². The molecule has 4 nitrogen and oxygen atoms in total. The van der Waals surface area contributed by atoms with Crippen LogP contribution in [-0.4, -0.2) is 48.6 Å². The Morgan fingerprint density at radius 3 is 2.79 bits per heavy atom. The number of carbonyl (C=O) groups excluding carboxylic acids is 1. The molecule has 2 N–H and O–H groups in total. The first-order valence-corrected chi connectivity index (χ1v) is 6.99. The van der Waals surface area contributed by atoms with Crippen molar-refractivity contribution in [2.75, 3.05) is 19.6 Å². The molecule has 2 heterocycles. The first-order valence-electron chi connectivity index (χ1n) is 6.99. The van der Waals surface area contributed by atoms with Crippen molar-refractivity contribution >= 4 is 5.97 Å². The third-order valence-corrected chi connectivity index (χ3v) is 4.29. The first kappa shape index (κ1) is 14.7. The summed E-state index contributed by atoms with van der Waals surface area (Å²) in [6, 6.07) is 0.214. The Bertz CT molecular complexity index is 339. The average molecular weight is 276 g/mol. The number of hydrogen-bond donors (Lipinski definition) is 1. The van der Waals surface area contributed by atoms with Crippen LogP contribution in [0.2, 0.25) is 0 Å². The van der Waals surface area contributed by atoms with E-state index in [9.17, 15) is 13.6 Å². The molecule has 0 aromatic heterocycles. The molecule has 0 bridgehead atoms. The van der Waals surface area contributed by atoms with Gasteiger partial charge in [0.2, 0.25) is 0 Å². The van der Waals surface area contributed by atoms with E-state index in [4.69, 9.17) is 10.5 Å². The third kappa shape index (κ3) is 3.23. The van der Waals surface area contributed by atoms with Gasteiger partial charge < -0.3 is 10.5 Å². The van der Waals surface area contributed by atoms with Crippen molar-refractivity contribution in [3.63, 3.8) is 0 Å². The number of nitrogens with zero attached hydrogens (tertiary/aromatic N) is 1. The second kappa shape index (κ2) is 5.71. The molecule has 0 radical (unpaired) electrons. The molecule has 2 saturated heterocycles. The number of esters is 1. The van der Waals surface area contributed by atoms with Gasteiger partial charge in [-0.25, -0.2) is 4.79 Å². The molecule has 2 fully saturated rings.